The number of carbonyl (C=O) groups excluding carboxylic acids is 1. The topological polar surface area (TPSA) is 33.2 Å². The minimum atomic E-state index is 0.137. The van der Waals surface area contributed by atoms with Crippen LogP contribution >= 0.6 is 0 Å². The molecule has 0 spiro atoms. The first kappa shape index (κ1) is 13.1. The first-order valence-electron chi connectivity index (χ1n) is 6.92. The van der Waals surface area contributed by atoms with Gasteiger partial charge in [-0.2, -0.15) is 0 Å². The summed E-state index contributed by atoms with van der Waals surface area (Å²) in [6.45, 7) is 5.97. The van der Waals surface area contributed by atoms with Crippen LogP contribution in [-0.4, -0.2) is 28.9 Å². The highest BCUT2D eigenvalue weighted by Crippen LogP contribution is 2.22. The summed E-state index contributed by atoms with van der Waals surface area (Å²) in [6, 6.07) is 3.78. The van der Waals surface area contributed by atoms with Crippen LogP contribution in [0.1, 0.15) is 48.7 Å². The molecule has 2 heterocycles. The number of likely N-dealkylation sites (tertiary alicyclic amines) is 1. The summed E-state index contributed by atoms with van der Waals surface area (Å²) in [7, 11) is 0. The third-order valence-corrected chi connectivity index (χ3v) is 3.76. The normalized spacial score (nSPS) is 16.9. The number of pyridine rings is 1. The number of hydrogen-bond donors (Lipinski definition) is 0. The molecule has 1 fully saturated rings. The third kappa shape index (κ3) is 3.09. The first-order valence-corrected chi connectivity index (χ1v) is 6.92. The molecule has 0 unspecified atom stereocenters. The van der Waals surface area contributed by atoms with E-state index in [1.165, 1.54) is 12.8 Å². The first-order chi connectivity index (χ1) is 8.70. The third-order valence-electron chi connectivity index (χ3n) is 3.76. The van der Waals surface area contributed by atoms with Gasteiger partial charge in [-0.05, 0) is 37.8 Å². The van der Waals surface area contributed by atoms with Crippen LogP contribution in [0.25, 0.3) is 0 Å². The monoisotopic (exact) mass is 246 g/mol. The Morgan fingerprint density at radius 3 is 2.67 bits per heavy atom. The van der Waals surface area contributed by atoms with E-state index in [0.717, 1.165) is 43.1 Å². The van der Waals surface area contributed by atoms with E-state index < -0.39 is 0 Å². The predicted molar refractivity (Wildman–Crippen MR) is 72.5 cm³/mol. The van der Waals surface area contributed by atoms with Gasteiger partial charge in [0.25, 0.3) is 5.91 Å². The molecule has 0 radical (unpaired) electrons. The SMILES string of the molecule is CCCC1CCN(C(=O)c2ccc(C)nc2)CC1. The minimum Gasteiger partial charge on any atom is -0.339 e. The highest BCUT2D eigenvalue weighted by Gasteiger charge is 2.23. The number of nitrogens with zero attached hydrogens (tertiary/aromatic N) is 2. The zero-order valence-corrected chi connectivity index (χ0v) is 11.4. The van der Waals surface area contributed by atoms with Crippen molar-refractivity contribution in [2.45, 2.75) is 39.5 Å². The summed E-state index contributed by atoms with van der Waals surface area (Å²) < 4.78 is 0. The summed E-state index contributed by atoms with van der Waals surface area (Å²) in [4.78, 5) is 18.4. The summed E-state index contributed by atoms with van der Waals surface area (Å²) >= 11 is 0. The van der Waals surface area contributed by atoms with Gasteiger partial charge >= 0.3 is 0 Å². The van der Waals surface area contributed by atoms with Crippen molar-refractivity contribution in [2.24, 2.45) is 5.92 Å². The molecule has 0 bridgehead atoms. The Hall–Kier alpha value is -1.38. The average Bonchev–Trinajstić information content (AvgIpc) is 2.40. The largest absolute Gasteiger partial charge is 0.339 e. The molecule has 0 N–H and O–H groups in total. The van der Waals surface area contributed by atoms with E-state index >= 15 is 0 Å². The molecule has 3 nitrogen and oxygen atoms in total. The van der Waals surface area contributed by atoms with Gasteiger partial charge in [-0.15, -0.1) is 0 Å². The van der Waals surface area contributed by atoms with Crippen molar-refractivity contribution in [3.8, 4) is 0 Å². The van der Waals surface area contributed by atoms with Crippen molar-refractivity contribution in [2.75, 3.05) is 13.1 Å². The summed E-state index contributed by atoms with van der Waals surface area (Å²) in [5.41, 5.74) is 1.67. The molecule has 1 saturated heterocycles. The molecule has 1 aromatic rings. The molecular weight excluding hydrogens is 224 g/mol. The molecule has 0 aliphatic carbocycles. The zero-order chi connectivity index (χ0) is 13.0. The molecule has 2 rings (SSSR count). The van der Waals surface area contributed by atoms with Crippen molar-refractivity contribution < 1.29 is 4.79 Å². The summed E-state index contributed by atoms with van der Waals surface area (Å²) in [6.07, 6.45) is 6.54. The summed E-state index contributed by atoms with van der Waals surface area (Å²) in [5, 5.41) is 0. The van der Waals surface area contributed by atoms with Gasteiger partial charge in [-0.25, -0.2) is 0 Å². The molecule has 1 aromatic heterocycles. The molecule has 0 atom stereocenters. The van der Waals surface area contributed by atoms with E-state index in [4.69, 9.17) is 0 Å². The Morgan fingerprint density at radius 1 is 1.39 bits per heavy atom. The second-order valence-corrected chi connectivity index (χ2v) is 5.21. The lowest BCUT2D eigenvalue weighted by Gasteiger charge is -2.31. The van der Waals surface area contributed by atoms with Gasteiger partial charge in [0.15, 0.2) is 0 Å². The molecule has 1 aliphatic heterocycles. The zero-order valence-electron chi connectivity index (χ0n) is 11.4. The number of amides is 1. The van der Waals surface area contributed by atoms with E-state index in [2.05, 4.69) is 11.9 Å². The van der Waals surface area contributed by atoms with Gasteiger partial charge in [-0.3, -0.25) is 9.78 Å². The second-order valence-electron chi connectivity index (χ2n) is 5.21. The Morgan fingerprint density at radius 2 is 2.11 bits per heavy atom. The number of carbonyl (C=O) groups is 1. The van der Waals surface area contributed by atoms with E-state index in [1.807, 2.05) is 24.0 Å². The van der Waals surface area contributed by atoms with E-state index in [9.17, 15) is 4.79 Å². The number of aromatic nitrogens is 1. The van der Waals surface area contributed by atoms with Crippen molar-refractivity contribution >= 4 is 5.91 Å². The standard InChI is InChI=1S/C15H22N2O/c1-3-4-13-7-9-17(10-8-13)15(18)14-6-5-12(2)16-11-14/h5-6,11,13H,3-4,7-10H2,1-2H3. The molecule has 1 aliphatic rings. The van der Waals surface area contributed by atoms with Crippen molar-refractivity contribution in [3.63, 3.8) is 0 Å². The van der Waals surface area contributed by atoms with E-state index in [-0.39, 0.29) is 5.91 Å². The number of hydrogen-bond acceptors (Lipinski definition) is 2. The Kier molecular flexibility index (Phi) is 4.34. The lowest BCUT2D eigenvalue weighted by Crippen LogP contribution is -2.38. The quantitative estimate of drug-likeness (QED) is 0.821. The van der Waals surface area contributed by atoms with E-state index in [0.29, 0.717) is 0 Å². The molecular formula is C15H22N2O. The Labute approximate surface area is 109 Å². The fraction of sp³-hybridized carbons (Fsp3) is 0.600. The van der Waals surface area contributed by atoms with Crippen LogP contribution in [0.2, 0.25) is 0 Å². The highest BCUT2D eigenvalue weighted by atomic mass is 16.2. The molecule has 98 valence electrons. The molecule has 1 amide bonds. The minimum absolute atomic E-state index is 0.137. The maximum absolute atomic E-state index is 12.3. The van der Waals surface area contributed by atoms with Crippen molar-refractivity contribution in [1.29, 1.82) is 0 Å². The fourth-order valence-corrected chi connectivity index (χ4v) is 2.61. The smallest absolute Gasteiger partial charge is 0.255 e. The van der Waals surface area contributed by atoms with Crippen LogP contribution in [0.15, 0.2) is 18.3 Å². The van der Waals surface area contributed by atoms with Crippen LogP contribution in [-0.2, 0) is 0 Å². The lowest BCUT2D eigenvalue weighted by atomic mass is 9.92. The molecule has 18 heavy (non-hydrogen) atoms. The maximum atomic E-state index is 12.3. The van der Waals surface area contributed by atoms with Crippen molar-refractivity contribution in [1.82, 2.24) is 9.88 Å². The fourth-order valence-electron chi connectivity index (χ4n) is 2.61. The van der Waals surface area contributed by atoms with Crippen LogP contribution in [0.5, 0.6) is 0 Å². The Bertz CT molecular complexity index is 391. The molecule has 0 saturated carbocycles. The number of rotatable bonds is 3. The van der Waals surface area contributed by atoms with Crippen LogP contribution < -0.4 is 0 Å². The second kappa shape index (κ2) is 5.98. The van der Waals surface area contributed by atoms with Gasteiger partial charge in [0.05, 0.1) is 5.56 Å². The van der Waals surface area contributed by atoms with Gasteiger partial charge in [0, 0.05) is 25.0 Å². The number of piperidine rings is 1. The maximum Gasteiger partial charge on any atom is 0.255 e. The van der Waals surface area contributed by atoms with Gasteiger partial charge in [0.1, 0.15) is 0 Å². The highest BCUT2D eigenvalue weighted by molar-refractivity contribution is 5.93. The van der Waals surface area contributed by atoms with Crippen LogP contribution in [0, 0.1) is 12.8 Å². The van der Waals surface area contributed by atoms with Gasteiger partial charge < -0.3 is 4.90 Å². The van der Waals surface area contributed by atoms with Crippen molar-refractivity contribution in [3.05, 3.63) is 29.6 Å². The van der Waals surface area contributed by atoms with E-state index in [1.54, 1.807) is 6.20 Å². The number of aryl methyl sites for hydroxylation is 1. The van der Waals surface area contributed by atoms with Crippen LogP contribution in [0.3, 0.4) is 0 Å². The Balaban J connectivity index is 1.93. The molecule has 0 aromatic carbocycles. The van der Waals surface area contributed by atoms with Gasteiger partial charge in [0.2, 0.25) is 0 Å². The average molecular weight is 246 g/mol. The predicted octanol–water partition coefficient (Wildman–Crippen LogP) is 3.04. The van der Waals surface area contributed by atoms with Crippen LogP contribution in [0.4, 0.5) is 0 Å². The summed E-state index contributed by atoms with van der Waals surface area (Å²) in [5.74, 6) is 0.952. The van der Waals surface area contributed by atoms with Gasteiger partial charge in [-0.1, -0.05) is 19.8 Å². The molecule has 3 heteroatoms. The lowest BCUT2D eigenvalue weighted by molar-refractivity contribution is 0.0686.